The minimum Gasteiger partial charge on any atom is -0.484 e. The molecule has 0 bridgehead atoms. The highest BCUT2D eigenvalue weighted by Crippen LogP contribution is 2.17. The molecule has 1 fully saturated rings. The third-order valence-corrected chi connectivity index (χ3v) is 3.20. The largest absolute Gasteiger partial charge is 0.484 e. The van der Waals surface area contributed by atoms with E-state index in [1.807, 2.05) is 0 Å². The second-order valence-electron chi connectivity index (χ2n) is 4.67. The molecule has 108 valence electrons. The molecule has 1 aromatic carbocycles. The van der Waals surface area contributed by atoms with Crippen LogP contribution in [0.3, 0.4) is 0 Å². The van der Waals surface area contributed by atoms with Gasteiger partial charge in [-0.1, -0.05) is 0 Å². The van der Waals surface area contributed by atoms with Gasteiger partial charge in [-0.2, -0.15) is 0 Å². The highest BCUT2D eigenvalue weighted by Gasteiger charge is 2.22. The normalized spacial score (nSPS) is 17.6. The Balaban J connectivity index is 1.84. The predicted octanol–water partition coefficient (Wildman–Crippen LogP) is 0.359. The van der Waals surface area contributed by atoms with Crippen LogP contribution in [0.15, 0.2) is 24.3 Å². The zero-order valence-electron chi connectivity index (χ0n) is 11.4. The van der Waals surface area contributed by atoms with E-state index < -0.39 is 0 Å². The minimum absolute atomic E-state index is 0.0179. The summed E-state index contributed by atoms with van der Waals surface area (Å²) in [7, 11) is 1.56. The Bertz CT molecular complexity index is 467. The van der Waals surface area contributed by atoms with Crippen LogP contribution in [0.1, 0.15) is 6.42 Å². The van der Waals surface area contributed by atoms with Crippen LogP contribution in [0.4, 0.5) is 5.69 Å². The van der Waals surface area contributed by atoms with E-state index in [1.54, 1.807) is 31.3 Å². The highest BCUT2D eigenvalue weighted by atomic mass is 16.5. The number of carbonyl (C=O) groups is 2. The monoisotopic (exact) mass is 277 g/mol. The van der Waals surface area contributed by atoms with Crippen LogP contribution in [0, 0.1) is 5.92 Å². The summed E-state index contributed by atoms with van der Waals surface area (Å²) in [5, 5.41) is 8.51. The Kier molecular flexibility index (Phi) is 4.95. The molecule has 2 amide bonds. The Morgan fingerprint density at radius 2 is 2.10 bits per heavy atom. The van der Waals surface area contributed by atoms with Crippen molar-refractivity contribution in [2.45, 2.75) is 6.42 Å². The van der Waals surface area contributed by atoms with Gasteiger partial charge in [-0.15, -0.1) is 0 Å². The molecule has 1 atom stereocenters. The van der Waals surface area contributed by atoms with E-state index in [4.69, 9.17) is 4.74 Å². The summed E-state index contributed by atoms with van der Waals surface area (Å²) in [4.78, 5) is 23.0. The third-order valence-electron chi connectivity index (χ3n) is 3.20. The van der Waals surface area contributed by atoms with Gasteiger partial charge in [-0.3, -0.25) is 9.59 Å². The molecule has 1 aliphatic heterocycles. The number of hydrogen-bond donors (Lipinski definition) is 3. The molecule has 1 aliphatic rings. The van der Waals surface area contributed by atoms with Gasteiger partial charge in [0.05, 0.1) is 5.92 Å². The fourth-order valence-electron chi connectivity index (χ4n) is 1.98. The standard InChI is InChI=1S/C14H19N3O3/c1-15-13(18)9-20-12-4-2-11(3-5-12)17-14(19)10-6-7-16-8-10/h2-5,10,16H,6-9H2,1H3,(H,15,18)(H,17,19). The molecule has 0 aliphatic carbocycles. The molecule has 0 aromatic heterocycles. The van der Waals surface area contributed by atoms with Crippen molar-refractivity contribution >= 4 is 17.5 Å². The second-order valence-corrected chi connectivity index (χ2v) is 4.67. The van der Waals surface area contributed by atoms with Crippen molar-refractivity contribution in [3.05, 3.63) is 24.3 Å². The van der Waals surface area contributed by atoms with Gasteiger partial charge in [-0.25, -0.2) is 0 Å². The van der Waals surface area contributed by atoms with Crippen molar-refractivity contribution in [1.82, 2.24) is 10.6 Å². The summed E-state index contributed by atoms with van der Waals surface area (Å²) in [5.74, 6) is 0.485. The predicted molar refractivity (Wildman–Crippen MR) is 75.6 cm³/mol. The Morgan fingerprint density at radius 1 is 1.35 bits per heavy atom. The van der Waals surface area contributed by atoms with Gasteiger partial charge >= 0.3 is 0 Å². The molecule has 0 spiro atoms. The van der Waals surface area contributed by atoms with Gasteiger partial charge in [0.25, 0.3) is 5.91 Å². The maximum Gasteiger partial charge on any atom is 0.257 e. The number of carbonyl (C=O) groups excluding carboxylic acids is 2. The molecule has 6 heteroatoms. The van der Waals surface area contributed by atoms with E-state index in [9.17, 15) is 9.59 Å². The quantitative estimate of drug-likeness (QED) is 0.726. The Morgan fingerprint density at radius 3 is 2.70 bits per heavy atom. The molecule has 3 N–H and O–H groups in total. The van der Waals surface area contributed by atoms with Crippen molar-refractivity contribution in [3.63, 3.8) is 0 Å². The number of amides is 2. The van der Waals surface area contributed by atoms with Gasteiger partial charge in [0.15, 0.2) is 6.61 Å². The lowest BCUT2D eigenvalue weighted by Gasteiger charge is -2.10. The van der Waals surface area contributed by atoms with Crippen LogP contribution >= 0.6 is 0 Å². The molecule has 0 saturated carbocycles. The maximum atomic E-state index is 11.9. The number of nitrogens with one attached hydrogen (secondary N) is 3. The van der Waals surface area contributed by atoms with Crippen LogP contribution in [-0.4, -0.2) is 38.6 Å². The van der Waals surface area contributed by atoms with E-state index in [1.165, 1.54) is 0 Å². The molecule has 1 unspecified atom stereocenters. The first-order chi connectivity index (χ1) is 9.69. The summed E-state index contributed by atoms with van der Waals surface area (Å²) in [6, 6.07) is 6.98. The third kappa shape index (κ3) is 3.96. The van der Waals surface area contributed by atoms with Crippen LogP contribution in [0.2, 0.25) is 0 Å². The van der Waals surface area contributed by atoms with Crippen LogP contribution in [0.25, 0.3) is 0 Å². The first kappa shape index (κ1) is 14.3. The average Bonchev–Trinajstić information content (AvgIpc) is 3.00. The summed E-state index contributed by atoms with van der Waals surface area (Å²) in [6.45, 7) is 1.61. The number of ether oxygens (including phenoxy) is 1. The lowest BCUT2D eigenvalue weighted by atomic mass is 10.1. The SMILES string of the molecule is CNC(=O)COc1ccc(NC(=O)C2CCNC2)cc1. The molecular weight excluding hydrogens is 258 g/mol. The van der Waals surface area contributed by atoms with Crippen molar-refractivity contribution in [2.24, 2.45) is 5.92 Å². The van der Waals surface area contributed by atoms with Crippen LogP contribution < -0.4 is 20.7 Å². The molecule has 1 heterocycles. The molecule has 1 saturated heterocycles. The molecule has 20 heavy (non-hydrogen) atoms. The van der Waals surface area contributed by atoms with Crippen molar-refractivity contribution in [2.75, 3.05) is 32.1 Å². The molecule has 1 aromatic rings. The number of rotatable bonds is 5. The van der Waals surface area contributed by atoms with Gasteiger partial charge in [0, 0.05) is 19.3 Å². The zero-order valence-corrected chi connectivity index (χ0v) is 11.4. The van der Waals surface area contributed by atoms with Gasteiger partial charge in [0.1, 0.15) is 5.75 Å². The molecular formula is C14H19N3O3. The van der Waals surface area contributed by atoms with Crippen LogP contribution in [-0.2, 0) is 9.59 Å². The maximum absolute atomic E-state index is 11.9. The summed E-state index contributed by atoms with van der Waals surface area (Å²) >= 11 is 0. The Hall–Kier alpha value is -2.08. The fourth-order valence-corrected chi connectivity index (χ4v) is 1.98. The lowest BCUT2D eigenvalue weighted by Crippen LogP contribution is -2.25. The minimum atomic E-state index is -0.184. The number of benzene rings is 1. The zero-order chi connectivity index (χ0) is 14.4. The van der Waals surface area contributed by atoms with Crippen molar-refractivity contribution < 1.29 is 14.3 Å². The average molecular weight is 277 g/mol. The van der Waals surface area contributed by atoms with E-state index in [2.05, 4.69) is 16.0 Å². The number of hydrogen-bond acceptors (Lipinski definition) is 4. The van der Waals surface area contributed by atoms with E-state index in [0.29, 0.717) is 5.75 Å². The fraction of sp³-hybridized carbons (Fsp3) is 0.429. The van der Waals surface area contributed by atoms with Gasteiger partial charge in [-0.05, 0) is 37.2 Å². The first-order valence-corrected chi connectivity index (χ1v) is 6.64. The highest BCUT2D eigenvalue weighted by molar-refractivity contribution is 5.92. The van der Waals surface area contributed by atoms with Crippen LogP contribution in [0.5, 0.6) is 5.75 Å². The Labute approximate surface area is 117 Å². The van der Waals surface area contributed by atoms with Crippen molar-refractivity contribution in [3.8, 4) is 5.75 Å². The number of anilines is 1. The summed E-state index contributed by atoms with van der Waals surface area (Å²) < 4.78 is 5.28. The molecule has 2 rings (SSSR count). The van der Waals surface area contributed by atoms with E-state index >= 15 is 0 Å². The van der Waals surface area contributed by atoms with E-state index in [-0.39, 0.29) is 24.3 Å². The van der Waals surface area contributed by atoms with E-state index in [0.717, 1.165) is 25.2 Å². The van der Waals surface area contributed by atoms with Gasteiger partial charge < -0.3 is 20.7 Å². The summed E-state index contributed by atoms with van der Waals surface area (Å²) in [6.07, 6.45) is 0.874. The van der Waals surface area contributed by atoms with Crippen molar-refractivity contribution in [1.29, 1.82) is 0 Å². The molecule has 0 radical (unpaired) electrons. The first-order valence-electron chi connectivity index (χ1n) is 6.64. The lowest BCUT2D eigenvalue weighted by molar-refractivity contribution is -0.122. The second kappa shape index (κ2) is 6.91. The topological polar surface area (TPSA) is 79.5 Å². The number of likely N-dealkylation sites (N-methyl/N-ethyl adjacent to an activating group) is 1. The summed E-state index contributed by atoms with van der Waals surface area (Å²) in [5.41, 5.74) is 0.731. The molecule has 6 nitrogen and oxygen atoms in total. The van der Waals surface area contributed by atoms with Gasteiger partial charge in [0.2, 0.25) is 5.91 Å². The smallest absolute Gasteiger partial charge is 0.257 e.